The average Bonchev–Trinajstić information content (AvgIpc) is 2.49. The number of ether oxygens (including phenoxy) is 3. The van der Waals surface area contributed by atoms with Gasteiger partial charge in [-0.25, -0.2) is 4.79 Å². The Kier molecular flexibility index (Phi) is 6.77. The van der Waals surface area contributed by atoms with Gasteiger partial charge in [-0.3, -0.25) is 10.1 Å². The second-order valence-corrected chi connectivity index (χ2v) is 5.36. The van der Waals surface area contributed by atoms with Crippen molar-refractivity contribution >= 4 is 11.7 Å². The molecule has 0 saturated heterocycles. The van der Waals surface area contributed by atoms with E-state index in [9.17, 15) is 14.9 Å². The summed E-state index contributed by atoms with van der Waals surface area (Å²) >= 11 is 0. The van der Waals surface area contributed by atoms with Crippen molar-refractivity contribution in [3.63, 3.8) is 0 Å². The van der Waals surface area contributed by atoms with E-state index in [0.29, 0.717) is 12.2 Å². The zero-order chi connectivity index (χ0) is 17.6. The molecule has 23 heavy (non-hydrogen) atoms. The van der Waals surface area contributed by atoms with Crippen LogP contribution in [0.3, 0.4) is 0 Å². The first-order valence-electron chi connectivity index (χ1n) is 7.03. The zero-order valence-electron chi connectivity index (χ0n) is 13.6. The fraction of sp³-hybridized carbons (Fsp3) is 0.533. The molecule has 8 heteroatoms. The van der Waals surface area contributed by atoms with Crippen LogP contribution in [0.4, 0.5) is 5.69 Å². The Balaban J connectivity index is 3.06. The number of hydrogen-bond donors (Lipinski definition) is 1. The summed E-state index contributed by atoms with van der Waals surface area (Å²) in [5, 5.41) is 20.3. The van der Waals surface area contributed by atoms with E-state index in [4.69, 9.17) is 19.3 Å². The molecule has 1 atom stereocenters. The number of nitro benzene ring substituents is 1. The molecule has 0 saturated carbocycles. The van der Waals surface area contributed by atoms with E-state index in [0.717, 1.165) is 0 Å². The summed E-state index contributed by atoms with van der Waals surface area (Å²) in [5.74, 6) is -0.439. The highest BCUT2D eigenvalue weighted by Crippen LogP contribution is 2.35. The molecule has 0 aromatic heterocycles. The van der Waals surface area contributed by atoms with Crippen LogP contribution in [0.25, 0.3) is 0 Å². The SMILES string of the molecule is COc1cc(CO[C@H](CC(C)C)C(=O)O)c([N+](=O)[O-])cc1OC. The van der Waals surface area contributed by atoms with Crippen LogP contribution in [0.1, 0.15) is 25.8 Å². The lowest BCUT2D eigenvalue weighted by Crippen LogP contribution is -2.25. The standard InChI is InChI=1S/C15H21NO7/c1-9(2)5-14(15(17)18)23-8-10-6-12(21-3)13(22-4)7-11(10)16(19)20/h6-7,9,14H,5,8H2,1-4H3,(H,17,18)/t14-/m1/s1. The van der Waals surface area contributed by atoms with Gasteiger partial charge in [-0.1, -0.05) is 13.8 Å². The summed E-state index contributed by atoms with van der Waals surface area (Å²) in [6.07, 6.45) is -0.709. The molecule has 0 radical (unpaired) electrons. The highest BCUT2D eigenvalue weighted by atomic mass is 16.6. The third-order valence-electron chi connectivity index (χ3n) is 3.18. The van der Waals surface area contributed by atoms with Crippen LogP contribution in [0, 0.1) is 16.0 Å². The number of carbonyl (C=O) groups is 1. The summed E-state index contributed by atoms with van der Waals surface area (Å²) in [5.41, 5.74) is 0.0130. The molecule has 1 aromatic carbocycles. The van der Waals surface area contributed by atoms with E-state index in [-0.39, 0.29) is 29.5 Å². The van der Waals surface area contributed by atoms with Crippen LogP contribution in [0.15, 0.2) is 12.1 Å². The molecule has 0 unspecified atom stereocenters. The lowest BCUT2D eigenvalue weighted by atomic mass is 10.1. The van der Waals surface area contributed by atoms with E-state index >= 15 is 0 Å². The molecular formula is C15H21NO7. The first-order chi connectivity index (χ1) is 10.8. The second kappa shape index (κ2) is 8.33. The van der Waals surface area contributed by atoms with E-state index in [1.807, 2.05) is 13.8 Å². The van der Waals surface area contributed by atoms with Crippen molar-refractivity contribution in [2.75, 3.05) is 14.2 Å². The molecule has 0 aliphatic carbocycles. The van der Waals surface area contributed by atoms with Crippen LogP contribution < -0.4 is 9.47 Å². The molecule has 1 aromatic rings. The van der Waals surface area contributed by atoms with Crippen LogP contribution >= 0.6 is 0 Å². The molecular weight excluding hydrogens is 306 g/mol. The lowest BCUT2D eigenvalue weighted by molar-refractivity contribution is -0.386. The number of benzene rings is 1. The number of methoxy groups -OCH3 is 2. The van der Waals surface area contributed by atoms with Gasteiger partial charge in [-0.2, -0.15) is 0 Å². The third-order valence-corrected chi connectivity index (χ3v) is 3.18. The Labute approximate surface area is 134 Å². The largest absolute Gasteiger partial charge is 0.493 e. The van der Waals surface area contributed by atoms with E-state index < -0.39 is 17.0 Å². The van der Waals surface area contributed by atoms with Gasteiger partial charge >= 0.3 is 5.97 Å². The minimum atomic E-state index is -1.10. The summed E-state index contributed by atoms with van der Waals surface area (Å²) in [6, 6.07) is 2.65. The molecule has 0 spiro atoms. The molecule has 0 bridgehead atoms. The number of carboxylic acid groups (broad SMARTS) is 1. The highest BCUT2D eigenvalue weighted by molar-refractivity contribution is 5.72. The number of aliphatic carboxylic acids is 1. The van der Waals surface area contributed by atoms with E-state index in [1.165, 1.54) is 26.4 Å². The van der Waals surface area contributed by atoms with Crippen molar-refractivity contribution in [2.45, 2.75) is 33.0 Å². The monoisotopic (exact) mass is 327 g/mol. The number of nitro groups is 1. The van der Waals surface area contributed by atoms with Gasteiger partial charge in [0.15, 0.2) is 17.6 Å². The summed E-state index contributed by atoms with van der Waals surface area (Å²) in [4.78, 5) is 21.8. The van der Waals surface area contributed by atoms with Crippen molar-refractivity contribution in [3.05, 3.63) is 27.8 Å². The summed E-state index contributed by atoms with van der Waals surface area (Å²) in [7, 11) is 2.79. The Morgan fingerprint density at radius 1 is 1.26 bits per heavy atom. The van der Waals surface area contributed by atoms with Gasteiger partial charge in [-0.15, -0.1) is 0 Å². The van der Waals surface area contributed by atoms with Crippen LogP contribution in [-0.2, 0) is 16.1 Å². The predicted molar refractivity (Wildman–Crippen MR) is 81.9 cm³/mol. The Morgan fingerprint density at radius 2 is 1.83 bits per heavy atom. The Bertz CT molecular complexity index is 571. The molecule has 0 aliphatic heterocycles. The van der Waals surface area contributed by atoms with Crippen LogP contribution in [0.2, 0.25) is 0 Å². The number of rotatable bonds is 9. The molecule has 0 amide bonds. The number of nitrogens with zero attached hydrogens (tertiary/aromatic N) is 1. The van der Waals surface area contributed by atoms with Gasteiger partial charge in [0.05, 0.1) is 37.4 Å². The lowest BCUT2D eigenvalue weighted by Gasteiger charge is -2.16. The smallest absolute Gasteiger partial charge is 0.332 e. The van der Waals surface area contributed by atoms with Crippen molar-refractivity contribution in [3.8, 4) is 11.5 Å². The van der Waals surface area contributed by atoms with Gasteiger partial charge in [0.2, 0.25) is 0 Å². The maximum absolute atomic E-state index is 11.2. The quantitative estimate of drug-likeness (QED) is 0.548. The maximum Gasteiger partial charge on any atom is 0.332 e. The Hall–Kier alpha value is -2.35. The van der Waals surface area contributed by atoms with Gasteiger partial charge < -0.3 is 19.3 Å². The molecule has 0 fully saturated rings. The molecule has 1 N–H and O–H groups in total. The second-order valence-electron chi connectivity index (χ2n) is 5.36. The Morgan fingerprint density at radius 3 is 2.26 bits per heavy atom. The topological polar surface area (TPSA) is 108 Å². The van der Waals surface area contributed by atoms with Gasteiger partial charge in [0.25, 0.3) is 5.69 Å². The minimum Gasteiger partial charge on any atom is -0.493 e. The van der Waals surface area contributed by atoms with Crippen molar-refractivity contribution in [1.29, 1.82) is 0 Å². The van der Waals surface area contributed by atoms with Gasteiger partial charge in [0, 0.05) is 0 Å². The third kappa shape index (κ3) is 5.10. The molecule has 0 aliphatic rings. The van der Waals surface area contributed by atoms with Crippen molar-refractivity contribution < 1.29 is 29.0 Å². The normalized spacial score (nSPS) is 12.0. The van der Waals surface area contributed by atoms with E-state index in [2.05, 4.69) is 0 Å². The maximum atomic E-state index is 11.2. The van der Waals surface area contributed by atoms with E-state index in [1.54, 1.807) is 0 Å². The number of carboxylic acids is 1. The first kappa shape index (κ1) is 18.7. The van der Waals surface area contributed by atoms with Crippen molar-refractivity contribution in [1.82, 2.24) is 0 Å². The fourth-order valence-corrected chi connectivity index (χ4v) is 2.05. The molecule has 1 rings (SSSR count). The fourth-order valence-electron chi connectivity index (χ4n) is 2.05. The summed E-state index contributed by atoms with van der Waals surface area (Å²) < 4.78 is 15.5. The molecule has 8 nitrogen and oxygen atoms in total. The predicted octanol–water partition coefficient (Wildman–Crippen LogP) is 2.63. The van der Waals surface area contributed by atoms with Gasteiger partial charge in [0.1, 0.15) is 0 Å². The molecule has 0 heterocycles. The van der Waals surface area contributed by atoms with Gasteiger partial charge in [-0.05, 0) is 18.4 Å². The van der Waals surface area contributed by atoms with Crippen molar-refractivity contribution in [2.24, 2.45) is 5.92 Å². The minimum absolute atomic E-state index is 0.122. The summed E-state index contributed by atoms with van der Waals surface area (Å²) in [6.45, 7) is 3.54. The van der Waals surface area contributed by atoms with Crippen LogP contribution in [-0.4, -0.2) is 36.3 Å². The molecule has 128 valence electrons. The average molecular weight is 327 g/mol. The van der Waals surface area contributed by atoms with Crippen LogP contribution in [0.5, 0.6) is 11.5 Å². The first-order valence-corrected chi connectivity index (χ1v) is 7.03. The zero-order valence-corrected chi connectivity index (χ0v) is 13.6. The highest BCUT2D eigenvalue weighted by Gasteiger charge is 2.24. The number of hydrogen-bond acceptors (Lipinski definition) is 6.